The van der Waals surface area contributed by atoms with Crippen molar-refractivity contribution in [2.75, 3.05) is 11.5 Å². The molecular formula is C30H23FN2O5. The van der Waals surface area contributed by atoms with Gasteiger partial charge in [-0.1, -0.05) is 42.5 Å². The number of hydrogen-bond acceptors (Lipinski definition) is 5. The van der Waals surface area contributed by atoms with Crippen LogP contribution in [-0.2, 0) is 16.2 Å². The first-order valence-electron chi connectivity index (χ1n) is 12.0. The highest BCUT2D eigenvalue weighted by Crippen LogP contribution is 2.32. The van der Waals surface area contributed by atoms with Crippen LogP contribution >= 0.6 is 0 Å². The number of rotatable bonds is 7. The molecule has 0 aromatic heterocycles. The van der Waals surface area contributed by atoms with E-state index in [1.807, 2.05) is 37.3 Å². The van der Waals surface area contributed by atoms with E-state index in [2.05, 4.69) is 5.32 Å². The highest BCUT2D eigenvalue weighted by atomic mass is 19.1. The zero-order valence-electron chi connectivity index (χ0n) is 20.4. The maximum atomic E-state index is 13.7. The van der Waals surface area contributed by atoms with Crippen molar-refractivity contribution >= 4 is 40.4 Å². The van der Waals surface area contributed by atoms with Gasteiger partial charge in [-0.3, -0.25) is 14.9 Å². The normalized spacial score (nSPS) is 14.6. The fraction of sp³-hybridized carbons (Fsp3) is 0.100. The number of barbiturate groups is 1. The SMILES string of the molecule is CCOc1ccc(N2C(=O)NC(=O)/C(=C\c3c(OCc4cccc(F)c4)ccc4ccccc34)C2=O)cc1. The quantitative estimate of drug-likeness (QED) is 0.258. The third-order valence-electron chi connectivity index (χ3n) is 6.01. The smallest absolute Gasteiger partial charge is 0.335 e. The van der Waals surface area contributed by atoms with E-state index in [9.17, 15) is 18.8 Å². The number of nitrogens with one attached hydrogen (secondary N) is 1. The van der Waals surface area contributed by atoms with E-state index in [0.717, 1.165) is 15.7 Å². The second kappa shape index (κ2) is 10.6. The summed E-state index contributed by atoms with van der Waals surface area (Å²) < 4.78 is 25.1. The Morgan fingerprint density at radius 2 is 1.68 bits per heavy atom. The summed E-state index contributed by atoms with van der Waals surface area (Å²) in [6, 6.07) is 22.7. The maximum Gasteiger partial charge on any atom is 0.335 e. The van der Waals surface area contributed by atoms with Crippen molar-refractivity contribution in [1.82, 2.24) is 5.32 Å². The molecule has 1 heterocycles. The predicted molar refractivity (Wildman–Crippen MR) is 141 cm³/mol. The van der Waals surface area contributed by atoms with Gasteiger partial charge in [0.2, 0.25) is 0 Å². The largest absolute Gasteiger partial charge is 0.494 e. The van der Waals surface area contributed by atoms with E-state index in [0.29, 0.717) is 29.2 Å². The Bertz CT molecular complexity index is 1580. The van der Waals surface area contributed by atoms with Crippen LogP contribution in [0.25, 0.3) is 16.8 Å². The molecule has 38 heavy (non-hydrogen) atoms. The van der Waals surface area contributed by atoms with Crippen LogP contribution in [0.2, 0.25) is 0 Å². The van der Waals surface area contributed by atoms with Crippen LogP contribution in [0.1, 0.15) is 18.1 Å². The molecule has 1 fully saturated rings. The Kier molecular flexibility index (Phi) is 6.86. The van der Waals surface area contributed by atoms with Gasteiger partial charge in [0.25, 0.3) is 11.8 Å². The number of anilines is 1. The predicted octanol–water partition coefficient (Wildman–Crippen LogP) is 5.62. The summed E-state index contributed by atoms with van der Waals surface area (Å²) in [5, 5.41) is 3.84. The Morgan fingerprint density at radius 1 is 0.895 bits per heavy atom. The lowest BCUT2D eigenvalue weighted by molar-refractivity contribution is -0.122. The molecule has 0 spiro atoms. The first-order chi connectivity index (χ1) is 18.4. The molecule has 1 aliphatic heterocycles. The van der Waals surface area contributed by atoms with Crippen molar-refractivity contribution in [2.24, 2.45) is 0 Å². The number of imide groups is 2. The van der Waals surface area contributed by atoms with Crippen molar-refractivity contribution < 1.29 is 28.2 Å². The molecule has 190 valence electrons. The van der Waals surface area contributed by atoms with Gasteiger partial charge in [-0.15, -0.1) is 0 Å². The summed E-state index contributed by atoms with van der Waals surface area (Å²) in [7, 11) is 0. The van der Waals surface area contributed by atoms with Crippen molar-refractivity contribution in [3.63, 3.8) is 0 Å². The lowest BCUT2D eigenvalue weighted by Gasteiger charge is -2.26. The summed E-state index contributed by atoms with van der Waals surface area (Å²) in [5.41, 5.74) is 1.16. The molecule has 5 rings (SSSR count). The number of urea groups is 1. The second-order valence-electron chi connectivity index (χ2n) is 8.50. The van der Waals surface area contributed by atoms with Crippen LogP contribution in [0.15, 0.2) is 90.5 Å². The summed E-state index contributed by atoms with van der Waals surface area (Å²) >= 11 is 0. The van der Waals surface area contributed by atoms with E-state index >= 15 is 0 Å². The lowest BCUT2D eigenvalue weighted by Crippen LogP contribution is -2.54. The van der Waals surface area contributed by atoms with Gasteiger partial charge in [0.15, 0.2) is 0 Å². The molecule has 4 aromatic carbocycles. The van der Waals surface area contributed by atoms with Gasteiger partial charge in [0.1, 0.15) is 29.5 Å². The number of carbonyl (C=O) groups excluding carboxylic acids is 3. The summed E-state index contributed by atoms with van der Waals surface area (Å²) in [4.78, 5) is 39.9. The average Bonchev–Trinajstić information content (AvgIpc) is 2.91. The van der Waals surface area contributed by atoms with Gasteiger partial charge >= 0.3 is 6.03 Å². The number of halogens is 1. The molecule has 1 N–H and O–H groups in total. The molecular weight excluding hydrogens is 487 g/mol. The van der Waals surface area contributed by atoms with Crippen LogP contribution in [0.5, 0.6) is 11.5 Å². The van der Waals surface area contributed by atoms with E-state index in [1.54, 1.807) is 42.5 Å². The monoisotopic (exact) mass is 510 g/mol. The average molecular weight is 511 g/mol. The minimum absolute atomic E-state index is 0.0726. The fourth-order valence-corrected chi connectivity index (χ4v) is 4.23. The van der Waals surface area contributed by atoms with Crippen LogP contribution in [0.4, 0.5) is 14.9 Å². The molecule has 1 aliphatic rings. The van der Waals surface area contributed by atoms with Crippen molar-refractivity contribution in [3.8, 4) is 11.5 Å². The van der Waals surface area contributed by atoms with Crippen molar-refractivity contribution in [3.05, 3.63) is 107 Å². The summed E-state index contributed by atoms with van der Waals surface area (Å²) in [6.07, 6.45) is 1.43. The third-order valence-corrected chi connectivity index (χ3v) is 6.01. The van der Waals surface area contributed by atoms with E-state index in [1.165, 1.54) is 18.2 Å². The van der Waals surface area contributed by atoms with Crippen LogP contribution in [0.3, 0.4) is 0 Å². The van der Waals surface area contributed by atoms with Gasteiger partial charge in [0.05, 0.1) is 12.3 Å². The minimum atomic E-state index is -0.846. The highest BCUT2D eigenvalue weighted by molar-refractivity contribution is 6.39. The molecule has 0 aliphatic carbocycles. The van der Waals surface area contributed by atoms with Crippen LogP contribution < -0.4 is 19.7 Å². The van der Waals surface area contributed by atoms with Gasteiger partial charge in [-0.2, -0.15) is 0 Å². The lowest BCUT2D eigenvalue weighted by atomic mass is 9.99. The molecule has 0 bridgehead atoms. The topological polar surface area (TPSA) is 84.9 Å². The molecule has 0 saturated carbocycles. The van der Waals surface area contributed by atoms with Gasteiger partial charge in [-0.25, -0.2) is 14.1 Å². The molecule has 4 aromatic rings. The number of hydrogen-bond donors (Lipinski definition) is 1. The Hall–Kier alpha value is -4.98. The van der Waals surface area contributed by atoms with Crippen molar-refractivity contribution in [2.45, 2.75) is 13.5 Å². The zero-order valence-corrected chi connectivity index (χ0v) is 20.4. The van der Waals surface area contributed by atoms with E-state index in [4.69, 9.17) is 9.47 Å². The molecule has 8 heteroatoms. The molecule has 7 nitrogen and oxygen atoms in total. The zero-order chi connectivity index (χ0) is 26.6. The fourth-order valence-electron chi connectivity index (χ4n) is 4.23. The van der Waals surface area contributed by atoms with Gasteiger partial charge in [0, 0.05) is 5.56 Å². The molecule has 0 atom stereocenters. The third kappa shape index (κ3) is 4.97. The first kappa shape index (κ1) is 24.7. The van der Waals surface area contributed by atoms with Crippen LogP contribution in [-0.4, -0.2) is 24.5 Å². The first-order valence-corrected chi connectivity index (χ1v) is 12.0. The second-order valence-corrected chi connectivity index (χ2v) is 8.50. The Morgan fingerprint density at radius 3 is 2.45 bits per heavy atom. The van der Waals surface area contributed by atoms with Gasteiger partial charge < -0.3 is 9.47 Å². The van der Waals surface area contributed by atoms with E-state index < -0.39 is 17.8 Å². The molecule has 0 unspecified atom stereocenters. The molecule has 1 saturated heterocycles. The number of nitrogens with zero attached hydrogens (tertiary/aromatic N) is 1. The van der Waals surface area contributed by atoms with Crippen molar-refractivity contribution in [1.29, 1.82) is 0 Å². The molecule has 0 radical (unpaired) electrons. The summed E-state index contributed by atoms with van der Waals surface area (Å²) in [6.45, 7) is 2.39. The van der Waals surface area contributed by atoms with E-state index in [-0.39, 0.29) is 23.7 Å². The number of amides is 4. The Labute approximate surface area is 218 Å². The molecule has 4 amide bonds. The maximum absolute atomic E-state index is 13.7. The number of fused-ring (bicyclic) bond motifs is 1. The van der Waals surface area contributed by atoms with Gasteiger partial charge in [-0.05, 0) is 71.8 Å². The number of benzene rings is 4. The highest BCUT2D eigenvalue weighted by Gasteiger charge is 2.37. The summed E-state index contributed by atoms with van der Waals surface area (Å²) in [5.74, 6) is -0.983. The Balaban J connectivity index is 1.54. The van der Waals surface area contributed by atoms with Crippen LogP contribution in [0, 0.1) is 5.82 Å². The minimum Gasteiger partial charge on any atom is -0.494 e. The standard InChI is InChI=1S/C30H23FN2O5/c1-2-37-23-13-11-22(12-14-23)33-29(35)26(28(34)32-30(33)36)17-25-24-9-4-3-7-20(24)10-15-27(25)38-18-19-6-5-8-21(31)16-19/h3-17H,2,18H2,1H3,(H,32,34,36)/b26-17+. The number of ether oxygens (including phenoxy) is 2. The number of carbonyl (C=O) groups is 3.